The molecule has 2 amide bonds. The number of nitrogens with two attached hydrogens (primary N) is 1. The molecule has 1 aliphatic rings. The minimum atomic E-state index is -1.12. The van der Waals surface area contributed by atoms with E-state index in [0.29, 0.717) is 17.3 Å². The van der Waals surface area contributed by atoms with Crippen LogP contribution in [-0.2, 0) is 4.79 Å². The van der Waals surface area contributed by atoms with Crippen molar-refractivity contribution in [1.29, 1.82) is 0 Å². The first-order chi connectivity index (χ1) is 15.7. The molecule has 6 N–H and O–H groups in total. The number of nitrogens with zero attached hydrogens (tertiary/aromatic N) is 4. The van der Waals surface area contributed by atoms with Crippen LogP contribution in [0.1, 0.15) is 48.8 Å². The van der Waals surface area contributed by atoms with Crippen molar-refractivity contribution in [3.05, 3.63) is 53.6 Å². The number of amides is 2. The van der Waals surface area contributed by atoms with Crippen LogP contribution >= 0.6 is 0 Å². The molecule has 1 saturated carbocycles. The molecule has 33 heavy (non-hydrogen) atoms. The second kappa shape index (κ2) is 10.2. The van der Waals surface area contributed by atoms with Crippen molar-refractivity contribution in [2.45, 2.75) is 38.2 Å². The van der Waals surface area contributed by atoms with Gasteiger partial charge in [-0.15, -0.1) is 0 Å². The molecule has 0 bridgehead atoms. The number of allylic oxidation sites excluding steroid dienone is 1. The molecule has 0 saturated heterocycles. The molecule has 2 aromatic rings. The van der Waals surface area contributed by atoms with Gasteiger partial charge in [-0.05, 0) is 38.8 Å². The van der Waals surface area contributed by atoms with Crippen LogP contribution in [0.15, 0.2) is 47.2 Å². The van der Waals surface area contributed by atoms with Crippen molar-refractivity contribution in [2.75, 3.05) is 18.9 Å². The van der Waals surface area contributed by atoms with E-state index in [4.69, 9.17) is 5.73 Å². The SMILES string of the molecule is CN=CC(NC(=O)c1nc(C2CC2)ccc1Nc1cncnc1)=C(N)C(=O)NCC(C)(C)O. The quantitative estimate of drug-likeness (QED) is 0.277. The van der Waals surface area contributed by atoms with Gasteiger partial charge in [0.2, 0.25) is 0 Å². The third kappa shape index (κ3) is 6.81. The largest absolute Gasteiger partial charge is 0.393 e. The Labute approximate surface area is 191 Å². The van der Waals surface area contributed by atoms with Gasteiger partial charge < -0.3 is 26.8 Å². The standard InChI is InChI=1S/C22H28N8O3/c1-22(2,33)11-27-20(31)18(23)17(10-24-3)30-21(32)19-16(28-14-8-25-12-26-9-14)7-6-15(29-19)13-4-5-13/h6-10,12-13,28,33H,4-5,11,23H2,1-3H3,(H,27,31)(H,30,32). The van der Waals surface area contributed by atoms with Crippen LogP contribution in [0.2, 0.25) is 0 Å². The number of hydrogen-bond donors (Lipinski definition) is 5. The highest BCUT2D eigenvalue weighted by molar-refractivity contribution is 6.05. The Morgan fingerprint density at radius 2 is 1.97 bits per heavy atom. The van der Waals surface area contributed by atoms with Gasteiger partial charge in [0, 0.05) is 31.4 Å². The van der Waals surface area contributed by atoms with Crippen molar-refractivity contribution >= 4 is 29.4 Å². The van der Waals surface area contributed by atoms with Crippen LogP contribution in [-0.4, -0.2) is 57.3 Å². The molecule has 0 atom stereocenters. The summed E-state index contributed by atoms with van der Waals surface area (Å²) >= 11 is 0. The summed E-state index contributed by atoms with van der Waals surface area (Å²) in [6, 6.07) is 3.66. The molecule has 2 aromatic heterocycles. The van der Waals surface area contributed by atoms with Crippen LogP contribution in [0.3, 0.4) is 0 Å². The molecular weight excluding hydrogens is 424 g/mol. The highest BCUT2D eigenvalue weighted by atomic mass is 16.3. The summed E-state index contributed by atoms with van der Waals surface area (Å²) in [7, 11) is 1.49. The summed E-state index contributed by atoms with van der Waals surface area (Å²) < 4.78 is 0. The van der Waals surface area contributed by atoms with Crippen LogP contribution in [0.4, 0.5) is 11.4 Å². The fraction of sp³-hybridized carbons (Fsp3) is 0.364. The first-order valence-corrected chi connectivity index (χ1v) is 10.4. The van der Waals surface area contributed by atoms with Gasteiger partial charge in [0.1, 0.15) is 12.0 Å². The number of hydrogen-bond acceptors (Lipinski definition) is 9. The molecule has 1 aliphatic carbocycles. The van der Waals surface area contributed by atoms with E-state index in [0.717, 1.165) is 18.5 Å². The zero-order chi connectivity index (χ0) is 24.0. The second-order valence-electron chi connectivity index (χ2n) is 8.32. The van der Waals surface area contributed by atoms with Crippen LogP contribution < -0.4 is 21.7 Å². The topological polar surface area (TPSA) is 168 Å². The van der Waals surface area contributed by atoms with Gasteiger partial charge in [0.25, 0.3) is 11.8 Å². The minimum Gasteiger partial charge on any atom is -0.393 e. The molecule has 174 valence electrons. The number of aliphatic hydroxyl groups is 1. The number of anilines is 2. The summed E-state index contributed by atoms with van der Waals surface area (Å²) in [4.78, 5) is 42.0. The lowest BCUT2D eigenvalue weighted by atomic mass is 10.1. The maximum atomic E-state index is 13.2. The fourth-order valence-electron chi connectivity index (χ4n) is 2.87. The lowest BCUT2D eigenvalue weighted by Crippen LogP contribution is -2.41. The third-order valence-corrected chi connectivity index (χ3v) is 4.69. The van der Waals surface area contributed by atoms with Crippen molar-refractivity contribution < 1.29 is 14.7 Å². The number of rotatable bonds is 9. The molecule has 0 aliphatic heterocycles. The zero-order valence-corrected chi connectivity index (χ0v) is 18.8. The molecule has 11 nitrogen and oxygen atoms in total. The van der Waals surface area contributed by atoms with E-state index in [1.54, 1.807) is 32.3 Å². The van der Waals surface area contributed by atoms with Crippen LogP contribution in [0, 0.1) is 0 Å². The number of aliphatic imine (C=N–C) groups is 1. The molecule has 0 unspecified atom stereocenters. The van der Waals surface area contributed by atoms with E-state index < -0.39 is 17.4 Å². The van der Waals surface area contributed by atoms with Gasteiger partial charge in [-0.25, -0.2) is 15.0 Å². The molecule has 0 spiro atoms. The predicted molar refractivity (Wildman–Crippen MR) is 124 cm³/mol. The summed E-state index contributed by atoms with van der Waals surface area (Å²) in [5.74, 6) is -0.882. The predicted octanol–water partition coefficient (Wildman–Crippen LogP) is 0.980. The molecule has 0 aromatic carbocycles. The number of carbonyl (C=O) groups is 2. The van der Waals surface area contributed by atoms with Crippen molar-refractivity contribution in [2.24, 2.45) is 10.7 Å². The van der Waals surface area contributed by atoms with Gasteiger partial charge in [0.15, 0.2) is 5.69 Å². The monoisotopic (exact) mass is 452 g/mol. The molecule has 3 rings (SSSR count). The maximum absolute atomic E-state index is 13.2. The minimum absolute atomic E-state index is 0.0170. The van der Waals surface area contributed by atoms with E-state index in [1.807, 2.05) is 6.07 Å². The van der Waals surface area contributed by atoms with Crippen LogP contribution in [0.25, 0.3) is 0 Å². The number of aromatic nitrogens is 3. The highest BCUT2D eigenvalue weighted by Gasteiger charge is 2.27. The molecule has 2 heterocycles. The molecule has 0 radical (unpaired) electrons. The van der Waals surface area contributed by atoms with E-state index in [1.165, 1.54) is 19.6 Å². The van der Waals surface area contributed by atoms with E-state index in [-0.39, 0.29) is 23.6 Å². The zero-order valence-electron chi connectivity index (χ0n) is 18.8. The number of pyridine rings is 1. The lowest BCUT2D eigenvalue weighted by Gasteiger charge is -2.18. The van der Waals surface area contributed by atoms with Gasteiger partial charge in [-0.3, -0.25) is 14.6 Å². The maximum Gasteiger partial charge on any atom is 0.276 e. The Morgan fingerprint density at radius 3 is 2.58 bits per heavy atom. The summed E-state index contributed by atoms with van der Waals surface area (Å²) in [5, 5.41) is 18.1. The highest BCUT2D eigenvalue weighted by Crippen LogP contribution is 2.39. The molecule has 1 fully saturated rings. The Hall–Kier alpha value is -3.86. The van der Waals surface area contributed by atoms with E-state index in [2.05, 4.69) is 35.9 Å². The van der Waals surface area contributed by atoms with Crippen molar-refractivity contribution in [3.8, 4) is 0 Å². The number of carbonyl (C=O) groups excluding carboxylic acids is 2. The van der Waals surface area contributed by atoms with Crippen molar-refractivity contribution in [1.82, 2.24) is 25.6 Å². The summed E-state index contributed by atoms with van der Waals surface area (Å²) in [6.07, 6.45) is 7.87. The summed E-state index contributed by atoms with van der Waals surface area (Å²) in [6.45, 7) is 3.08. The van der Waals surface area contributed by atoms with E-state index in [9.17, 15) is 14.7 Å². The Kier molecular flexibility index (Phi) is 7.34. The number of nitrogens with one attached hydrogen (secondary N) is 3. The average Bonchev–Trinajstić information content (AvgIpc) is 3.62. The Bertz CT molecular complexity index is 1070. The van der Waals surface area contributed by atoms with Crippen molar-refractivity contribution in [3.63, 3.8) is 0 Å². The second-order valence-corrected chi connectivity index (χ2v) is 8.32. The Morgan fingerprint density at radius 1 is 1.27 bits per heavy atom. The van der Waals surface area contributed by atoms with Gasteiger partial charge in [-0.2, -0.15) is 0 Å². The van der Waals surface area contributed by atoms with Gasteiger partial charge in [-0.1, -0.05) is 0 Å². The first-order valence-electron chi connectivity index (χ1n) is 10.4. The third-order valence-electron chi connectivity index (χ3n) is 4.69. The summed E-state index contributed by atoms with van der Waals surface area (Å²) in [5.41, 5.74) is 6.62. The Balaban J connectivity index is 1.88. The average molecular weight is 453 g/mol. The van der Waals surface area contributed by atoms with Gasteiger partial charge in [0.05, 0.1) is 35.1 Å². The lowest BCUT2D eigenvalue weighted by molar-refractivity contribution is -0.118. The first kappa shape index (κ1) is 23.8. The van der Waals surface area contributed by atoms with Gasteiger partial charge >= 0.3 is 0 Å². The van der Waals surface area contributed by atoms with E-state index >= 15 is 0 Å². The smallest absolute Gasteiger partial charge is 0.276 e. The van der Waals surface area contributed by atoms with Crippen LogP contribution in [0.5, 0.6) is 0 Å². The normalized spacial score (nSPS) is 14.5. The molecular formula is C22H28N8O3. The fourth-order valence-corrected chi connectivity index (χ4v) is 2.87. The molecule has 11 heteroatoms.